The number of hydrogen-bond donors (Lipinski definition) is 1. The van der Waals surface area contributed by atoms with Crippen LogP contribution in [0.2, 0.25) is 0 Å². The molecule has 0 unspecified atom stereocenters. The molecule has 1 fully saturated rings. The molecule has 0 bridgehead atoms. The van der Waals surface area contributed by atoms with Crippen molar-refractivity contribution in [3.63, 3.8) is 0 Å². The maximum Gasteiger partial charge on any atom is 0.233 e. The summed E-state index contributed by atoms with van der Waals surface area (Å²) in [5, 5.41) is 2.77. The molecule has 0 saturated carbocycles. The molecule has 0 spiro atoms. The molecular formula is C21H26N2O4. The number of allylic oxidation sites excluding steroid dienone is 2. The Hall–Kier alpha value is -2.63. The molecule has 3 rings (SSSR count). The SMILES string of the molecule is Cc1ccc(OCCNC(=O)CCN2C(=O)[C@H]3CC=CC[C@H]3C2=O)c(C)c1. The zero-order valence-electron chi connectivity index (χ0n) is 15.9. The van der Waals surface area contributed by atoms with Gasteiger partial charge in [0.1, 0.15) is 12.4 Å². The van der Waals surface area contributed by atoms with Crippen molar-refractivity contribution < 1.29 is 19.1 Å². The highest BCUT2D eigenvalue weighted by Crippen LogP contribution is 2.34. The average molecular weight is 370 g/mol. The van der Waals surface area contributed by atoms with Gasteiger partial charge in [0, 0.05) is 13.0 Å². The van der Waals surface area contributed by atoms with E-state index in [0.717, 1.165) is 11.3 Å². The Kier molecular flexibility index (Phi) is 5.94. The third kappa shape index (κ3) is 4.38. The molecule has 1 aromatic carbocycles. The van der Waals surface area contributed by atoms with Crippen LogP contribution in [0.4, 0.5) is 0 Å². The van der Waals surface area contributed by atoms with Crippen LogP contribution in [0.25, 0.3) is 0 Å². The lowest BCUT2D eigenvalue weighted by Crippen LogP contribution is -2.36. The lowest BCUT2D eigenvalue weighted by molar-refractivity contribution is -0.140. The molecule has 144 valence electrons. The van der Waals surface area contributed by atoms with Crippen LogP contribution in [0.1, 0.15) is 30.4 Å². The topological polar surface area (TPSA) is 75.7 Å². The van der Waals surface area contributed by atoms with E-state index in [1.807, 2.05) is 44.2 Å². The fourth-order valence-corrected chi connectivity index (χ4v) is 3.70. The maximum absolute atomic E-state index is 12.4. The minimum Gasteiger partial charge on any atom is -0.491 e. The summed E-state index contributed by atoms with van der Waals surface area (Å²) in [6.45, 7) is 4.90. The monoisotopic (exact) mass is 370 g/mol. The van der Waals surface area contributed by atoms with Crippen LogP contribution in [0.15, 0.2) is 30.4 Å². The largest absolute Gasteiger partial charge is 0.491 e. The number of hydrogen-bond acceptors (Lipinski definition) is 4. The maximum atomic E-state index is 12.4. The summed E-state index contributed by atoms with van der Waals surface area (Å²) in [5.41, 5.74) is 2.23. The zero-order valence-corrected chi connectivity index (χ0v) is 15.9. The van der Waals surface area contributed by atoms with E-state index >= 15 is 0 Å². The number of ether oxygens (including phenoxy) is 1. The van der Waals surface area contributed by atoms with Crippen molar-refractivity contribution in [1.82, 2.24) is 10.2 Å². The van der Waals surface area contributed by atoms with Crippen LogP contribution < -0.4 is 10.1 Å². The van der Waals surface area contributed by atoms with Crippen molar-refractivity contribution in [2.24, 2.45) is 11.8 Å². The summed E-state index contributed by atoms with van der Waals surface area (Å²) >= 11 is 0. The number of aryl methyl sites for hydroxylation is 2. The van der Waals surface area contributed by atoms with E-state index in [0.29, 0.717) is 26.0 Å². The van der Waals surface area contributed by atoms with E-state index in [-0.39, 0.29) is 42.5 Å². The molecule has 6 heteroatoms. The summed E-state index contributed by atoms with van der Waals surface area (Å²) in [6, 6.07) is 5.95. The summed E-state index contributed by atoms with van der Waals surface area (Å²) in [4.78, 5) is 38.0. The van der Waals surface area contributed by atoms with Gasteiger partial charge >= 0.3 is 0 Å². The second-order valence-electron chi connectivity index (χ2n) is 7.20. The number of amides is 3. The quantitative estimate of drug-likeness (QED) is 0.453. The Bertz CT molecular complexity index is 745. The van der Waals surface area contributed by atoms with Crippen molar-refractivity contribution in [2.45, 2.75) is 33.1 Å². The highest BCUT2D eigenvalue weighted by molar-refractivity contribution is 6.05. The van der Waals surface area contributed by atoms with E-state index in [1.165, 1.54) is 10.5 Å². The van der Waals surface area contributed by atoms with E-state index in [9.17, 15) is 14.4 Å². The Morgan fingerprint density at radius 1 is 1.15 bits per heavy atom. The first-order chi connectivity index (χ1) is 13.0. The molecule has 0 radical (unpaired) electrons. The molecule has 2 aliphatic rings. The van der Waals surface area contributed by atoms with Crippen molar-refractivity contribution in [2.75, 3.05) is 19.7 Å². The number of imide groups is 1. The van der Waals surface area contributed by atoms with Gasteiger partial charge in [-0.15, -0.1) is 0 Å². The van der Waals surface area contributed by atoms with Crippen molar-refractivity contribution >= 4 is 17.7 Å². The lowest BCUT2D eigenvalue weighted by atomic mass is 9.85. The molecule has 6 nitrogen and oxygen atoms in total. The van der Waals surface area contributed by atoms with E-state index < -0.39 is 0 Å². The van der Waals surface area contributed by atoms with Gasteiger partial charge in [-0.3, -0.25) is 19.3 Å². The summed E-state index contributed by atoms with van der Waals surface area (Å²) in [5.74, 6) is -0.138. The molecule has 1 saturated heterocycles. The highest BCUT2D eigenvalue weighted by atomic mass is 16.5. The molecule has 0 aromatic heterocycles. The smallest absolute Gasteiger partial charge is 0.233 e. The number of carbonyl (C=O) groups is 3. The Morgan fingerprint density at radius 2 is 1.81 bits per heavy atom. The van der Waals surface area contributed by atoms with Crippen molar-refractivity contribution in [3.05, 3.63) is 41.5 Å². The molecule has 3 amide bonds. The fourth-order valence-electron chi connectivity index (χ4n) is 3.70. The van der Waals surface area contributed by atoms with Gasteiger partial charge in [-0.05, 0) is 38.3 Å². The Morgan fingerprint density at radius 3 is 2.44 bits per heavy atom. The number of benzene rings is 1. The van der Waals surface area contributed by atoms with Gasteiger partial charge in [-0.25, -0.2) is 0 Å². The number of carbonyl (C=O) groups excluding carboxylic acids is 3. The van der Waals surface area contributed by atoms with Crippen LogP contribution in [0.3, 0.4) is 0 Å². The van der Waals surface area contributed by atoms with Gasteiger partial charge in [0.15, 0.2) is 0 Å². The number of nitrogens with zero attached hydrogens (tertiary/aromatic N) is 1. The van der Waals surface area contributed by atoms with E-state index in [1.54, 1.807) is 0 Å². The average Bonchev–Trinajstić information content (AvgIpc) is 2.89. The Labute approximate surface area is 159 Å². The first kappa shape index (κ1) is 19.1. The molecule has 27 heavy (non-hydrogen) atoms. The second kappa shape index (κ2) is 8.37. The van der Waals surface area contributed by atoms with E-state index in [2.05, 4.69) is 5.32 Å². The van der Waals surface area contributed by atoms with Gasteiger partial charge in [0.2, 0.25) is 17.7 Å². The summed E-state index contributed by atoms with van der Waals surface area (Å²) in [7, 11) is 0. The number of fused-ring (bicyclic) bond motifs is 1. The molecule has 1 aliphatic heterocycles. The van der Waals surface area contributed by atoms with Gasteiger partial charge in [-0.2, -0.15) is 0 Å². The predicted octanol–water partition coefficient (Wildman–Crippen LogP) is 2.14. The first-order valence-corrected chi connectivity index (χ1v) is 9.44. The normalized spacial score (nSPS) is 21.3. The minimum atomic E-state index is -0.239. The van der Waals surface area contributed by atoms with Crippen LogP contribution >= 0.6 is 0 Å². The molecule has 2 atom stereocenters. The third-order valence-corrected chi connectivity index (χ3v) is 5.17. The summed E-state index contributed by atoms with van der Waals surface area (Å²) in [6.07, 6.45) is 5.27. The number of nitrogens with one attached hydrogen (secondary N) is 1. The van der Waals surface area contributed by atoms with Gasteiger partial charge < -0.3 is 10.1 Å². The number of rotatable bonds is 7. The Balaban J connectivity index is 1.39. The van der Waals surface area contributed by atoms with Crippen LogP contribution in [-0.4, -0.2) is 42.3 Å². The van der Waals surface area contributed by atoms with Crippen LogP contribution in [0, 0.1) is 25.7 Å². The van der Waals surface area contributed by atoms with Crippen LogP contribution in [-0.2, 0) is 14.4 Å². The van der Waals surface area contributed by atoms with Crippen molar-refractivity contribution in [1.29, 1.82) is 0 Å². The third-order valence-electron chi connectivity index (χ3n) is 5.17. The number of likely N-dealkylation sites (tertiary alicyclic amines) is 1. The standard InChI is InChI=1S/C21H26N2O4/c1-14-7-8-18(15(2)13-14)27-12-10-22-19(24)9-11-23-20(25)16-5-3-4-6-17(16)21(23)26/h3-4,7-8,13,16-17H,5-6,9-12H2,1-2H3,(H,22,24)/t16-,17+. The van der Waals surface area contributed by atoms with Gasteiger partial charge in [0.25, 0.3) is 0 Å². The molecule has 1 N–H and O–H groups in total. The van der Waals surface area contributed by atoms with Gasteiger partial charge in [-0.1, -0.05) is 29.8 Å². The lowest BCUT2D eigenvalue weighted by Gasteiger charge is -2.14. The van der Waals surface area contributed by atoms with Gasteiger partial charge in [0.05, 0.1) is 18.4 Å². The molecule has 1 aromatic rings. The highest BCUT2D eigenvalue weighted by Gasteiger charge is 2.46. The molecule has 1 aliphatic carbocycles. The van der Waals surface area contributed by atoms with E-state index in [4.69, 9.17) is 4.74 Å². The predicted molar refractivity (Wildman–Crippen MR) is 101 cm³/mol. The first-order valence-electron chi connectivity index (χ1n) is 9.44. The molecule has 1 heterocycles. The summed E-state index contributed by atoms with van der Waals surface area (Å²) < 4.78 is 5.68. The fraction of sp³-hybridized carbons (Fsp3) is 0.476. The molecular weight excluding hydrogens is 344 g/mol. The zero-order chi connectivity index (χ0) is 19.4. The van der Waals surface area contributed by atoms with Crippen molar-refractivity contribution in [3.8, 4) is 5.75 Å². The second-order valence-corrected chi connectivity index (χ2v) is 7.20. The minimum absolute atomic E-state index is 0.119. The van der Waals surface area contributed by atoms with Crippen LogP contribution in [0.5, 0.6) is 5.75 Å².